The van der Waals surface area contributed by atoms with Gasteiger partial charge in [-0.3, -0.25) is 25.0 Å². The predicted molar refractivity (Wildman–Crippen MR) is 78.8 cm³/mol. The van der Waals surface area contributed by atoms with Gasteiger partial charge in [-0.1, -0.05) is 6.07 Å². The van der Waals surface area contributed by atoms with Crippen LogP contribution in [0.25, 0.3) is 0 Å². The van der Waals surface area contributed by atoms with Crippen LogP contribution in [0.4, 0.5) is 17.3 Å². The first-order valence-corrected chi connectivity index (χ1v) is 6.72. The second kappa shape index (κ2) is 5.48. The monoisotopic (exact) mass is 316 g/mol. The van der Waals surface area contributed by atoms with Crippen molar-refractivity contribution < 1.29 is 14.5 Å². The fraction of sp³-hybridized carbons (Fsp3) is 0.231. The molecule has 1 atom stereocenters. The van der Waals surface area contributed by atoms with E-state index in [1.807, 2.05) is 0 Å². The van der Waals surface area contributed by atoms with Crippen molar-refractivity contribution in [3.63, 3.8) is 0 Å². The number of carbonyl (C=O) groups excluding carboxylic acids is 2. The molecule has 2 amide bonds. The number of aryl methyl sites for hydroxylation is 1. The minimum atomic E-state index is -0.787. The van der Waals surface area contributed by atoms with Crippen molar-refractivity contribution >= 4 is 29.1 Å². The highest BCUT2D eigenvalue weighted by atomic mass is 16.6. The van der Waals surface area contributed by atoms with E-state index in [1.54, 1.807) is 6.92 Å². The summed E-state index contributed by atoms with van der Waals surface area (Å²) in [5.41, 5.74) is 0.160. The Hall–Kier alpha value is -3.30. The van der Waals surface area contributed by atoms with Gasteiger partial charge in [0.15, 0.2) is 0 Å². The maximum atomic E-state index is 12.1. The van der Waals surface area contributed by atoms with Crippen molar-refractivity contribution in [3.8, 4) is 0 Å². The van der Waals surface area contributed by atoms with E-state index in [2.05, 4.69) is 20.7 Å². The molecule has 1 aliphatic rings. The molecule has 0 saturated heterocycles. The summed E-state index contributed by atoms with van der Waals surface area (Å²) in [5, 5.41) is 19.9. The van der Waals surface area contributed by atoms with Crippen LogP contribution in [0.15, 0.2) is 24.3 Å². The molecule has 0 bridgehead atoms. The zero-order valence-corrected chi connectivity index (χ0v) is 12.0. The van der Waals surface area contributed by atoms with E-state index in [9.17, 15) is 19.7 Å². The van der Waals surface area contributed by atoms with Crippen LogP contribution >= 0.6 is 0 Å². The van der Waals surface area contributed by atoms with Gasteiger partial charge in [-0.25, -0.2) is 4.68 Å². The number of carbonyl (C=O) groups is 2. The number of nitro benzene ring substituents is 1. The lowest BCUT2D eigenvalue weighted by Gasteiger charge is -2.09. The van der Waals surface area contributed by atoms with Crippen LogP contribution in [-0.4, -0.2) is 31.5 Å². The Kier molecular flexibility index (Phi) is 3.48. The van der Waals surface area contributed by atoms with E-state index in [1.165, 1.54) is 28.9 Å². The highest BCUT2D eigenvalue weighted by molar-refractivity contribution is 6.00. The second-order valence-corrected chi connectivity index (χ2v) is 4.99. The lowest BCUT2D eigenvalue weighted by Crippen LogP contribution is -2.23. The van der Waals surface area contributed by atoms with E-state index >= 15 is 0 Å². The molecule has 0 radical (unpaired) electrons. The maximum Gasteiger partial charge on any atom is 0.271 e. The Bertz CT molecular complexity index is 815. The van der Waals surface area contributed by atoms with E-state index in [0.717, 1.165) is 0 Å². The number of non-ortho nitro benzene ring substituents is 1. The van der Waals surface area contributed by atoms with Gasteiger partial charge in [0.25, 0.3) is 11.6 Å². The Balaban J connectivity index is 1.71. The molecular formula is C13H12N6O4. The molecule has 118 valence electrons. The maximum absolute atomic E-state index is 12.1. The number of nitrogens with zero attached hydrogens (tertiary/aromatic N) is 4. The quantitative estimate of drug-likeness (QED) is 0.639. The minimum Gasteiger partial charge on any atom is -0.326 e. The number of rotatable bonds is 4. The number of benzene rings is 1. The molecular weight excluding hydrogens is 304 g/mol. The molecule has 3 rings (SSSR count). The summed E-state index contributed by atoms with van der Waals surface area (Å²) in [6.45, 7) is 1.68. The van der Waals surface area contributed by atoms with Crippen molar-refractivity contribution in [1.29, 1.82) is 0 Å². The summed E-state index contributed by atoms with van der Waals surface area (Å²) in [5.74, 6) is -0.0226. The van der Waals surface area contributed by atoms with Crippen LogP contribution in [-0.2, 0) is 9.59 Å². The number of nitro groups is 1. The average Bonchev–Trinajstić information content (AvgIpc) is 2.96. The molecule has 1 aromatic heterocycles. The molecule has 2 aromatic rings. The van der Waals surface area contributed by atoms with Gasteiger partial charge < -0.3 is 5.32 Å². The smallest absolute Gasteiger partial charge is 0.271 e. The van der Waals surface area contributed by atoms with E-state index in [0.29, 0.717) is 11.8 Å². The molecule has 2 N–H and O–H groups in total. The number of anilines is 2. The van der Waals surface area contributed by atoms with Gasteiger partial charge in [0.2, 0.25) is 11.9 Å². The topological polar surface area (TPSA) is 132 Å². The van der Waals surface area contributed by atoms with Gasteiger partial charge in [-0.05, 0) is 13.0 Å². The summed E-state index contributed by atoms with van der Waals surface area (Å²) < 4.78 is 1.37. The van der Waals surface area contributed by atoms with Crippen molar-refractivity contribution in [2.75, 3.05) is 10.6 Å². The van der Waals surface area contributed by atoms with E-state index in [-0.39, 0.29) is 23.7 Å². The molecule has 10 nitrogen and oxygen atoms in total. The van der Waals surface area contributed by atoms with Crippen LogP contribution in [0, 0.1) is 17.0 Å². The SMILES string of the molecule is Cc1nc2n(n1)[C@@H](CC(=O)Nc1cccc([N+](=O)[O-])c1)C(=O)N2. The molecule has 10 heteroatoms. The average molecular weight is 316 g/mol. The first-order chi connectivity index (χ1) is 10.9. The summed E-state index contributed by atoms with van der Waals surface area (Å²) in [7, 11) is 0. The molecule has 1 aromatic carbocycles. The molecule has 2 heterocycles. The molecule has 0 aliphatic carbocycles. The molecule has 0 saturated carbocycles. The molecule has 0 spiro atoms. The van der Waals surface area contributed by atoms with Crippen LogP contribution in [0.3, 0.4) is 0 Å². The van der Waals surface area contributed by atoms with Gasteiger partial charge in [0.05, 0.1) is 11.3 Å². The minimum absolute atomic E-state index is 0.129. The van der Waals surface area contributed by atoms with Crippen molar-refractivity contribution in [1.82, 2.24) is 14.8 Å². The summed E-state index contributed by atoms with van der Waals surface area (Å²) >= 11 is 0. The van der Waals surface area contributed by atoms with E-state index < -0.39 is 16.9 Å². The van der Waals surface area contributed by atoms with Crippen molar-refractivity contribution in [2.45, 2.75) is 19.4 Å². The first-order valence-electron chi connectivity index (χ1n) is 6.72. The Morgan fingerprint density at radius 1 is 1.52 bits per heavy atom. The highest BCUT2D eigenvalue weighted by Gasteiger charge is 2.34. The Morgan fingerprint density at radius 3 is 3.04 bits per heavy atom. The number of fused-ring (bicyclic) bond motifs is 1. The number of aromatic nitrogens is 3. The standard InChI is InChI=1S/C13H12N6O4/c1-7-14-13-16-12(21)10(18(13)17-7)6-11(20)15-8-3-2-4-9(5-8)19(22)23/h2-5,10H,6H2,1H3,(H,15,20)(H,14,16,17,21)/t10-/m0/s1. The van der Waals surface area contributed by atoms with Crippen LogP contribution < -0.4 is 10.6 Å². The third-order valence-electron chi connectivity index (χ3n) is 3.29. The third-order valence-corrected chi connectivity index (χ3v) is 3.29. The van der Waals surface area contributed by atoms with Crippen molar-refractivity contribution in [3.05, 3.63) is 40.2 Å². The number of nitrogens with one attached hydrogen (secondary N) is 2. The van der Waals surface area contributed by atoms with Gasteiger partial charge in [-0.15, -0.1) is 0 Å². The highest BCUT2D eigenvalue weighted by Crippen LogP contribution is 2.25. The zero-order chi connectivity index (χ0) is 16.6. The molecule has 0 fully saturated rings. The number of hydrogen-bond donors (Lipinski definition) is 2. The molecule has 0 unspecified atom stereocenters. The first kappa shape index (κ1) is 14.6. The largest absolute Gasteiger partial charge is 0.326 e. The van der Waals surface area contributed by atoms with Gasteiger partial charge in [0.1, 0.15) is 11.9 Å². The summed E-state index contributed by atoms with van der Waals surface area (Å²) in [6, 6.07) is 4.78. The normalized spacial score (nSPS) is 15.9. The fourth-order valence-electron chi connectivity index (χ4n) is 2.30. The van der Waals surface area contributed by atoms with Crippen molar-refractivity contribution in [2.24, 2.45) is 0 Å². The van der Waals surface area contributed by atoms with Gasteiger partial charge >= 0.3 is 0 Å². The number of hydrogen-bond acceptors (Lipinski definition) is 6. The van der Waals surface area contributed by atoms with E-state index in [4.69, 9.17) is 0 Å². The lowest BCUT2D eigenvalue weighted by atomic mass is 10.2. The van der Waals surface area contributed by atoms with Crippen LogP contribution in [0.1, 0.15) is 18.3 Å². The summed E-state index contributed by atoms with van der Waals surface area (Å²) in [4.78, 5) is 38.1. The van der Waals surface area contributed by atoms with Gasteiger partial charge in [-0.2, -0.15) is 10.1 Å². The molecule has 1 aliphatic heterocycles. The molecule has 23 heavy (non-hydrogen) atoms. The predicted octanol–water partition coefficient (Wildman–Crippen LogP) is 1.02. The number of amides is 2. The third kappa shape index (κ3) is 2.86. The van der Waals surface area contributed by atoms with Crippen LogP contribution in [0.5, 0.6) is 0 Å². The Morgan fingerprint density at radius 2 is 2.30 bits per heavy atom. The Labute approximate surface area is 129 Å². The lowest BCUT2D eigenvalue weighted by molar-refractivity contribution is -0.384. The fourth-order valence-corrected chi connectivity index (χ4v) is 2.30. The van der Waals surface area contributed by atoms with Gasteiger partial charge in [0, 0.05) is 17.8 Å². The summed E-state index contributed by atoms with van der Waals surface area (Å²) in [6.07, 6.45) is -0.148. The second-order valence-electron chi connectivity index (χ2n) is 4.99. The van der Waals surface area contributed by atoms with Crippen LogP contribution in [0.2, 0.25) is 0 Å². The zero-order valence-electron chi connectivity index (χ0n) is 12.0.